The number of sulfonamides is 1. The second kappa shape index (κ2) is 8.29. The predicted octanol–water partition coefficient (Wildman–Crippen LogP) is 2.36. The summed E-state index contributed by atoms with van der Waals surface area (Å²) >= 11 is 6.04. The van der Waals surface area contributed by atoms with Crippen LogP contribution in [0.15, 0.2) is 59.5 Å². The Bertz CT molecular complexity index is 897. The van der Waals surface area contributed by atoms with Crippen LogP contribution in [0.5, 0.6) is 0 Å². The first-order chi connectivity index (χ1) is 12.9. The Morgan fingerprint density at radius 2 is 1.70 bits per heavy atom. The fraction of sp³-hybridized carbons (Fsp3) is 0.316. The van der Waals surface area contributed by atoms with Gasteiger partial charge in [0.2, 0.25) is 15.9 Å². The van der Waals surface area contributed by atoms with Gasteiger partial charge >= 0.3 is 0 Å². The number of halogens is 1. The largest absolute Gasteiger partial charge is 0.368 e. The lowest BCUT2D eigenvalue weighted by atomic mass is 10.2. The lowest BCUT2D eigenvalue weighted by Crippen LogP contribution is -2.54. The summed E-state index contributed by atoms with van der Waals surface area (Å²) in [5.41, 5.74) is 1.02. The first-order valence-electron chi connectivity index (χ1n) is 8.73. The molecule has 1 aliphatic heterocycles. The van der Waals surface area contributed by atoms with Crippen LogP contribution < -0.4 is 9.62 Å². The molecular weight excluding hydrogens is 386 g/mol. The summed E-state index contributed by atoms with van der Waals surface area (Å²) in [6.07, 6.45) is 0. The monoisotopic (exact) mass is 407 g/mol. The smallest absolute Gasteiger partial charge is 0.241 e. The Kier molecular flexibility index (Phi) is 6.04. The highest BCUT2D eigenvalue weighted by atomic mass is 35.5. The summed E-state index contributed by atoms with van der Waals surface area (Å²) < 4.78 is 27.3. The van der Waals surface area contributed by atoms with Crippen LogP contribution in [0, 0.1) is 0 Å². The van der Waals surface area contributed by atoms with Crippen molar-refractivity contribution in [1.82, 2.24) is 9.62 Å². The predicted molar refractivity (Wildman–Crippen MR) is 106 cm³/mol. The minimum atomic E-state index is -3.72. The van der Waals surface area contributed by atoms with Crippen molar-refractivity contribution in [2.45, 2.75) is 17.9 Å². The maximum Gasteiger partial charge on any atom is 0.241 e. The van der Waals surface area contributed by atoms with Gasteiger partial charge in [0.15, 0.2) is 0 Å². The summed E-state index contributed by atoms with van der Waals surface area (Å²) in [6, 6.07) is 14.8. The number of anilines is 1. The lowest BCUT2D eigenvalue weighted by Gasteiger charge is -2.37. The molecule has 0 bridgehead atoms. The van der Waals surface area contributed by atoms with E-state index in [-0.39, 0.29) is 10.8 Å². The maximum atomic E-state index is 12.7. The molecular formula is C19H22ClN3O3S. The number of hydrogen-bond acceptors (Lipinski definition) is 4. The molecule has 1 N–H and O–H groups in total. The van der Waals surface area contributed by atoms with Gasteiger partial charge in [-0.05, 0) is 37.3 Å². The minimum Gasteiger partial charge on any atom is -0.368 e. The summed E-state index contributed by atoms with van der Waals surface area (Å²) in [4.78, 5) is 16.7. The zero-order valence-electron chi connectivity index (χ0n) is 15.0. The first kappa shape index (κ1) is 19.7. The Morgan fingerprint density at radius 1 is 1.04 bits per heavy atom. The summed E-state index contributed by atoms with van der Waals surface area (Å²) in [7, 11) is -3.72. The number of carbonyl (C=O) groups excluding carboxylic acids is 1. The fourth-order valence-electron chi connectivity index (χ4n) is 3.08. The molecule has 0 radical (unpaired) electrons. The van der Waals surface area contributed by atoms with Crippen LogP contribution >= 0.6 is 11.6 Å². The van der Waals surface area contributed by atoms with E-state index in [2.05, 4.69) is 9.62 Å². The van der Waals surface area contributed by atoms with Gasteiger partial charge < -0.3 is 9.80 Å². The molecule has 1 amide bonds. The maximum absolute atomic E-state index is 12.7. The molecule has 0 aliphatic carbocycles. The van der Waals surface area contributed by atoms with Crippen molar-refractivity contribution in [2.75, 3.05) is 31.1 Å². The van der Waals surface area contributed by atoms with Crippen LogP contribution in [-0.4, -0.2) is 51.4 Å². The second-order valence-electron chi connectivity index (χ2n) is 6.45. The van der Waals surface area contributed by atoms with Crippen LogP contribution in [0.25, 0.3) is 0 Å². The van der Waals surface area contributed by atoms with Crippen LogP contribution in [0.1, 0.15) is 6.92 Å². The normalized spacial score (nSPS) is 16.2. The molecule has 8 heteroatoms. The fourth-order valence-corrected chi connectivity index (χ4v) is 4.48. The van der Waals surface area contributed by atoms with Crippen molar-refractivity contribution >= 4 is 33.2 Å². The molecule has 1 atom stereocenters. The van der Waals surface area contributed by atoms with Gasteiger partial charge in [0.25, 0.3) is 0 Å². The molecule has 1 aliphatic rings. The highest BCUT2D eigenvalue weighted by Crippen LogP contribution is 2.21. The molecule has 2 aromatic carbocycles. The molecule has 0 aromatic heterocycles. The average molecular weight is 408 g/mol. The van der Waals surface area contributed by atoms with Crippen molar-refractivity contribution in [3.05, 3.63) is 59.6 Å². The molecule has 1 heterocycles. The van der Waals surface area contributed by atoms with E-state index in [1.807, 2.05) is 24.3 Å². The number of rotatable bonds is 5. The van der Waals surface area contributed by atoms with Crippen molar-refractivity contribution in [3.63, 3.8) is 0 Å². The quantitative estimate of drug-likeness (QED) is 0.826. The third-order valence-corrected chi connectivity index (χ3v) is 6.31. The number of benzene rings is 2. The zero-order valence-corrected chi connectivity index (χ0v) is 16.6. The molecule has 1 fully saturated rings. The van der Waals surface area contributed by atoms with Gasteiger partial charge in [-0.15, -0.1) is 0 Å². The van der Waals surface area contributed by atoms with E-state index in [1.165, 1.54) is 12.1 Å². The van der Waals surface area contributed by atoms with Crippen LogP contribution in [-0.2, 0) is 14.8 Å². The van der Waals surface area contributed by atoms with Crippen molar-refractivity contribution in [2.24, 2.45) is 0 Å². The van der Waals surface area contributed by atoms with Crippen molar-refractivity contribution < 1.29 is 13.2 Å². The molecule has 144 valence electrons. The third-order valence-electron chi connectivity index (χ3n) is 4.52. The number of nitrogens with one attached hydrogen (secondary N) is 1. The number of hydrogen-bond donors (Lipinski definition) is 1. The Morgan fingerprint density at radius 3 is 2.33 bits per heavy atom. The number of carbonyl (C=O) groups is 1. The Hall–Kier alpha value is -2.09. The summed E-state index contributed by atoms with van der Waals surface area (Å²) in [6.45, 7) is 3.98. The van der Waals surface area contributed by atoms with E-state index in [0.29, 0.717) is 31.2 Å². The second-order valence-corrected chi connectivity index (χ2v) is 8.60. The van der Waals surface area contributed by atoms with E-state index < -0.39 is 16.1 Å². The molecule has 0 saturated carbocycles. The van der Waals surface area contributed by atoms with E-state index >= 15 is 0 Å². The molecule has 1 saturated heterocycles. The van der Waals surface area contributed by atoms with Gasteiger partial charge in [-0.3, -0.25) is 4.79 Å². The average Bonchev–Trinajstić information content (AvgIpc) is 2.68. The molecule has 27 heavy (non-hydrogen) atoms. The minimum absolute atomic E-state index is 0.149. The van der Waals surface area contributed by atoms with Gasteiger partial charge in [0, 0.05) is 36.9 Å². The highest BCUT2D eigenvalue weighted by Gasteiger charge is 2.28. The van der Waals surface area contributed by atoms with E-state index in [0.717, 1.165) is 5.69 Å². The summed E-state index contributed by atoms with van der Waals surface area (Å²) in [5.74, 6) is -0.222. The zero-order chi connectivity index (χ0) is 19.4. The third kappa shape index (κ3) is 4.80. The van der Waals surface area contributed by atoms with E-state index in [9.17, 15) is 13.2 Å². The Balaban J connectivity index is 1.59. The standard InChI is InChI=1S/C19H22ClN3O3S/c1-15(21-27(25,26)18-8-3-2-4-9-18)19(24)23-12-10-22(11-13-23)17-7-5-6-16(20)14-17/h2-9,14-15,21H,10-13H2,1H3/t15-/m1/s1. The summed E-state index contributed by atoms with van der Waals surface area (Å²) in [5, 5.41) is 0.676. The molecule has 6 nitrogen and oxygen atoms in total. The van der Waals surface area contributed by atoms with Gasteiger partial charge in [-0.25, -0.2) is 8.42 Å². The molecule has 3 rings (SSSR count). The van der Waals surface area contributed by atoms with E-state index in [1.54, 1.807) is 30.0 Å². The van der Waals surface area contributed by atoms with Gasteiger partial charge in [-0.2, -0.15) is 4.72 Å². The molecule has 2 aromatic rings. The van der Waals surface area contributed by atoms with Gasteiger partial charge in [-0.1, -0.05) is 35.9 Å². The van der Waals surface area contributed by atoms with Crippen LogP contribution in [0.3, 0.4) is 0 Å². The molecule has 0 unspecified atom stereocenters. The first-order valence-corrected chi connectivity index (χ1v) is 10.6. The number of piperazine rings is 1. The van der Waals surface area contributed by atoms with Crippen molar-refractivity contribution in [3.8, 4) is 0 Å². The topological polar surface area (TPSA) is 69.7 Å². The van der Waals surface area contributed by atoms with Crippen LogP contribution in [0.4, 0.5) is 5.69 Å². The van der Waals surface area contributed by atoms with E-state index in [4.69, 9.17) is 11.6 Å². The number of nitrogens with zero attached hydrogens (tertiary/aromatic N) is 2. The van der Waals surface area contributed by atoms with Crippen LogP contribution in [0.2, 0.25) is 5.02 Å². The van der Waals surface area contributed by atoms with Gasteiger partial charge in [0.05, 0.1) is 10.9 Å². The highest BCUT2D eigenvalue weighted by molar-refractivity contribution is 7.89. The lowest BCUT2D eigenvalue weighted by molar-refractivity contribution is -0.132. The van der Waals surface area contributed by atoms with Gasteiger partial charge in [0.1, 0.15) is 0 Å². The molecule has 0 spiro atoms. The SMILES string of the molecule is C[C@@H](NS(=O)(=O)c1ccccc1)C(=O)N1CCN(c2cccc(Cl)c2)CC1. The Labute approximate surface area is 164 Å². The van der Waals surface area contributed by atoms with Crippen molar-refractivity contribution in [1.29, 1.82) is 0 Å². The number of amides is 1.